The molecule has 2 aromatic carbocycles. The maximum absolute atomic E-state index is 4.86. The maximum atomic E-state index is 4.86. The second kappa shape index (κ2) is 12.8. The quantitative estimate of drug-likeness (QED) is 0.154. The molecule has 0 aliphatic heterocycles. The van der Waals surface area contributed by atoms with Crippen LogP contribution in [0.3, 0.4) is 0 Å². The lowest BCUT2D eigenvalue weighted by Crippen LogP contribution is -2.56. The van der Waals surface area contributed by atoms with E-state index in [9.17, 15) is 0 Å². The highest BCUT2D eigenvalue weighted by molar-refractivity contribution is 7.71. The molecule has 2 heterocycles. The zero-order valence-corrected chi connectivity index (χ0v) is 32.4. The Labute approximate surface area is 308 Å². The van der Waals surface area contributed by atoms with Crippen LogP contribution in [-0.2, 0) is 17.7 Å². The molecular formula is C45H54N4P2. The molecule has 8 aliphatic rings. The van der Waals surface area contributed by atoms with Crippen LogP contribution < -0.4 is 11.1 Å². The van der Waals surface area contributed by atoms with Crippen molar-refractivity contribution in [3.63, 3.8) is 0 Å². The highest BCUT2D eigenvalue weighted by atomic mass is 31.1. The zero-order valence-electron chi connectivity index (χ0n) is 30.6. The van der Waals surface area contributed by atoms with Gasteiger partial charge in [0.1, 0.15) is 0 Å². The van der Waals surface area contributed by atoms with Crippen molar-refractivity contribution in [2.75, 3.05) is 0 Å². The van der Waals surface area contributed by atoms with E-state index in [0.717, 1.165) is 52.8 Å². The van der Waals surface area contributed by atoms with Gasteiger partial charge in [-0.25, -0.2) is 19.9 Å². The summed E-state index contributed by atoms with van der Waals surface area (Å²) < 4.78 is 0. The largest absolute Gasteiger partial charge is 0.237 e. The zero-order chi connectivity index (χ0) is 34.2. The van der Waals surface area contributed by atoms with E-state index >= 15 is 0 Å². The van der Waals surface area contributed by atoms with Crippen molar-refractivity contribution in [3.8, 4) is 0 Å². The van der Waals surface area contributed by atoms with E-state index in [-0.39, 0.29) is 13.3 Å². The molecule has 0 saturated heterocycles. The van der Waals surface area contributed by atoms with Gasteiger partial charge in [0, 0.05) is 44.3 Å². The van der Waals surface area contributed by atoms with E-state index in [1.165, 1.54) is 61.4 Å². The molecule has 8 aliphatic carbocycles. The second-order valence-electron chi connectivity index (χ2n) is 18.5. The van der Waals surface area contributed by atoms with Crippen molar-refractivity contribution < 1.29 is 0 Å². The summed E-state index contributed by atoms with van der Waals surface area (Å²) in [5.41, 5.74) is 7.58. The summed E-state index contributed by atoms with van der Waals surface area (Å²) in [5.74, 6) is 6.01. The first-order chi connectivity index (χ1) is 24.8. The molecule has 0 N–H and O–H groups in total. The maximum Gasteiger partial charge on any atom is 0.158 e. The molecule has 8 fully saturated rings. The summed E-state index contributed by atoms with van der Waals surface area (Å²) in [6, 6.07) is 22.7. The van der Waals surface area contributed by atoms with E-state index in [2.05, 4.69) is 62.4 Å². The normalized spacial score (nSPS) is 33.9. The van der Waals surface area contributed by atoms with E-state index in [1.54, 1.807) is 44.1 Å². The Bertz CT molecular complexity index is 1710. The van der Waals surface area contributed by atoms with Gasteiger partial charge in [-0.3, -0.25) is 0 Å². The van der Waals surface area contributed by atoms with Gasteiger partial charge >= 0.3 is 0 Å². The molecule has 4 aromatic rings. The predicted octanol–water partition coefficient (Wildman–Crippen LogP) is 10.1. The minimum atomic E-state index is -0.962. The lowest BCUT2D eigenvalue weighted by atomic mass is 9.55. The van der Waals surface area contributed by atoms with Gasteiger partial charge in [0.15, 0.2) is 11.1 Å². The van der Waals surface area contributed by atoms with Crippen LogP contribution in [0.25, 0.3) is 0 Å². The molecule has 0 unspecified atom stereocenters. The molecule has 0 radical (unpaired) electrons. The number of hydrogen-bond acceptors (Lipinski definition) is 4. The molecule has 0 spiro atoms. The lowest BCUT2D eigenvalue weighted by molar-refractivity contribution is 0.0184. The molecule has 4 nitrogen and oxygen atoms in total. The molecule has 0 atom stereocenters. The first kappa shape index (κ1) is 33.1. The fourth-order valence-corrected chi connectivity index (χ4v) is 20.5. The number of nitrogens with zero attached hydrogens (tertiary/aromatic N) is 4. The molecule has 0 amide bonds. The van der Waals surface area contributed by atoms with E-state index in [0.29, 0.717) is 10.3 Å². The molecule has 51 heavy (non-hydrogen) atoms. The van der Waals surface area contributed by atoms with Gasteiger partial charge in [-0.2, -0.15) is 0 Å². The Kier molecular flexibility index (Phi) is 8.30. The summed E-state index contributed by atoms with van der Waals surface area (Å²) in [7, 11) is -1.13. The third kappa shape index (κ3) is 5.94. The lowest BCUT2D eigenvalue weighted by Gasteiger charge is -2.67. The smallest absolute Gasteiger partial charge is 0.158 e. The summed E-state index contributed by atoms with van der Waals surface area (Å²) in [4.78, 5) is 19.4. The Morgan fingerprint density at radius 1 is 0.529 bits per heavy atom. The number of rotatable bonds is 10. The van der Waals surface area contributed by atoms with Crippen LogP contribution >= 0.6 is 15.8 Å². The summed E-state index contributed by atoms with van der Waals surface area (Å²) >= 11 is 0. The fraction of sp³-hybridized carbons (Fsp3) is 0.556. The third-order valence-corrected chi connectivity index (χ3v) is 21.0. The number of aromatic nitrogens is 4. The molecule has 8 bridgehead atoms. The molecule has 264 valence electrons. The van der Waals surface area contributed by atoms with Crippen LogP contribution in [0, 0.1) is 35.5 Å². The van der Waals surface area contributed by atoms with E-state index in [4.69, 9.17) is 19.9 Å². The van der Waals surface area contributed by atoms with Crippen molar-refractivity contribution >= 4 is 27.0 Å². The Morgan fingerprint density at radius 2 is 0.980 bits per heavy atom. The Hall–Kier alpha value is -2.54. The average molecular weight is 713 g/mol. The number of benzene rings is 2. The minimum absolute atomic E-state index is 0.103. The highest BCUT2D eigenvalue weighted by Gasteiger charge is 2.62. The van der Waals surface area contributed by atoms with Crippen molar-refractivity contribution in [3.05, 3.63) is 108 Å². The van der Waals surface area contributed by atoms with Crippen LogP contribution in [0.1, 0.15) is 113 Å². The Morgan fingerprint density at radius 3 is 1.43 bits per heavy atom. The van der Waals surface area contributed by atoms with Crippen LogP contribution in [0.15, 0.2) is 85.5 Å². The summed E-state index contributed by atoms with van der Waals surface area (Å²) in [6.45, 7) is 4.81. The number of hydrogen-bond donors (Lipinski definition) is 0. The monoisotopic (exact) mass is 712 g/mol. The summed E-state index contributed by atoms with van der Waals surface area (Å²) in [5, 5.41) is 1.20. The van der Waals surface area contributed by atoms with E-state index < -0.39 is 7.92 Å². The first-order valence-corrected chi connectivity index (χ1v) is 23.2. The van der Waals surface area contributed by atoms with Gasteiger partial charge < -0.3 is 0 Å². The first-order valence-electron chi connectivity index (χ1n) is 20.1. The van der Waals surface area contributed by atoms with Crippen LogP contribution in [-0.4, -0.2) is 30.2 Å². The fourth-order valence-electron chi connectivity index (χ4n) is 13.4. The summed E-state index contributed by atoms with van der Waals surface area (Å²) in [6.07, 6.45) is 28.3. The van der Waals surface area contributed by atoms with E-state index in [1.807, 2.05) is 36.9 Å². The van der Waals surface area contributed by atoms with Gasteiger partial charge in [-0.15, -0.1) is 0 Å². The third-order valence-electron chi connectivity index (χ3n) is 14.8. The van der Waals surface area contributed by atoms with Crippen molar-refractivity contribution in [1.82, 2.24) is 19.9 Å². The highest BCUT2D eigenvalue weighted by Crippen LogP contribution is 2.79. The molecule has 2 aromatic heterocycles. The van der Waals surface area contributed by atoms with Crippen molar-refractivity contribution in [2.24, 2.45) is 35.5 Å². The Balaban J connectivity index is 1.10. The minimum Gasteiger partial charge on any atom is -0.237 e. The van der Waals surface area contributed by atoms with Crippen molar-refractivity contribution in [2.45, 2.75) is 119 Å². The van der Waals surface area contributed by atoms with Crippen LogP contribution in [0.4, 0.5) is 0 Å². The molecule has 8 saturated carbocycles. The molecule has 12 rings (SSSR count). The van der Waals surface area contributed by atoms with Gasteiger partial charge in [0.25, 0.3) is 0 Å². The predicted molar refractivity (Wildman–Crippen MR) is 211 cm³/mol. The SMILES string of the molecule is CC(C)(c1ccccc1)c1ccc(CP(C23CC4CC(CC(C4)C2)C3)C23CC4CC(CC(C4)C2)C3)c(CP(c2ncccn2)c2ncccn2)c1. The van der Waals surface area contributed by atoms with Crippen LogP contribution in [0.5, 0.6) is 0 Å². The van der Waals surface area contributed by atoms with Gasteiger partial charge in [-0.1, -0.05) is 70.3 Å². The van der Waals surface area contributed by atoms with Gasteiger partial charge in [0.2, 0.25) is 0 Å². The van der Waals surface area contributed by atoms with Crippen molar-refractivity contribution in [1.29, 1.82) is 0 Å². The second-order valence-corrected chi connectivity index (χ2v) is 23.6. The molecular weight excluding hydrogens is 658 g/mol. The van der Waals surface area contributed by atoms with Gasteiger partial charge in [-0.05, 0) is 163 Å². The van der Waals surface area contributed by atoms with Crippen LogP contribution in [0.2, 0.25) is 0 Å². The standard InChI is InChI=1S/C45H54N4P2/c1-43(2,39-8-4-3-5-9-39)40-11-10-37(38(22-40)29-50(41-46-12-6-13-47-41)42-48-14-7-15-49-42)30-51(44-23-31-16-32(24-44)18-33(17-31)25-44)45-26-34-19-35(27-45)21-36(20-34)28-45/h3-15,22,31-36H,16-21,23-30H2,1-2H3. The topological polar surface area (TPSA) is 51.6 Å². The van der Waals surface area contributed by atoms with Gasteiger partial charge in [0.05, 0.1) is 0 Å². The average Bonchev–Trinajstić information content (AvgIpc) is 3.13. The molecule has 6 heteroatoms.